The van der Waals surface area contributed by atoms with Crippen LogP contribution in [0.1, 0.15) is 35.9 Å². The van der Waals surface area contributed by atoms with Crippen molar-refractivity contribution >= 4 is 39.5 Å². The van der Waals surface area contributed by atoms with Crippen LogP contribution < -0.4 is 4.72 Å². The molecule has 0 radical (unpaired) electrons. The van der Waals surface area contributed by atoms with Crippen molar-refractivity contribution in [3.8, 4) is 0 Å². The van der Waals surface area contributed by atoms with Crippen LogP contribution in [0.15, 0.2) is 57.8 Å². The van der Waals surface area contributed by atoms with E-state index in [9.17, 15) is 9.00 Å². The molecule has 0 fully saturated rings. The monoisotopic (exact) mass is 361 g/mol. The van der Waals surface area contributed by atoms with Gasteiger partial charge in [0.1, 0.15) is 5.58 Å². The Kier molecular flexibility index (Phi) is 4.73. The van der Waals surface area contributed by atoms with E-state index in [0.717, 1.165) is 10.9 Å². The molecule has 6 heteroatoms. The van der Waals surface area contributed by atoms with Crippen molar-refractivity contribution in [2.75, 3.05) is 0 Å². The first-order valence-electron chi connectivity index (χ1n) is 7.46. The van der Waals surface area contributed by atoms with Crippen molar-refractivity contribution in [2.45, 2.75) is 24.7 Å². The lowest BCUT2D eigenvalue weighted by Gasteiger charge is -2.04. The van der Waals surface area contributed by atoms with Gasteiger partial charge in [-0.2, -0.15) is 0 Å². The van der Waals surface area contributed by atoms with Gasteiger partial charge in [0.2, 0.25) is 0 Å². The van der Waals surface area contributed by atoms with E-state index in [2.05, 4.69) is 18.6 Å². The first-order valence-corrected chi connectivity index (χ1v) is 8.99. The first kappa shape index (κ1) is 16.7. The maximum atomic E-state index is 12.3. The van der Waals surface area contributed by atoms with E-state index >= 15 is 0 Å². The highest BCUT2D eigenvalue weighted by Crippen LogP contribution is 2.25. The number of furan rings is 1. The fourth-order valence-electron chi connectivity index (χ4n) is 2.30. The molecule has 0 aliphatic rings. The molecule has 3 aromatic rings. The number of benzene rings is 2. The lowest BCUT2D eigenvalue weighted by Crippen LogP contribution is -2.25. The van der Waals surface area contributed by atoms with Gasteiger partial charge in [0, 0.05) is 5.39 Å². The topological polar surface area (TPSA) is 59.3 Å². The van der Waals surface area contributed by atoms with Gasteiger partial charge in [-0.05, 0) is 35.7 Å². The van der Waals surface area contributed by atoms with Gasteiger partial charge in [-0.25, -0.2) is 4.21 Å². The fraction of sp³-hybridized carbons (Fsp3) is 0.167. The Labute approximate surface area is 147 Å². The summed E-state index contributed by atoms with van der Waals surface area (Å²) in [5, 5.41) is 1.16. The minimum atomic E-state index is -1.75. The summed E-state index contributed by atoms with van der Waals surface area (Å²) in [7, 11) is -1.75. The van der Waals surface area contributed by atoms with Crippen molar-refractivity contribution in [3.63, 3.8) is 0 Å². The number of fused-ring (bicyclic) bond motifs is 1. The van der Waals surface area contributed by atoms with Crippen LogP contribution in [0.25, 0.3) is 11.0 Å². The summed E-state index contributed by atoms with van der Waals surface area (Å²) in [5.41, 5.74) is 1.76. The van der Waals surface area contributed by atoms with E-state index in [0.29, 0.717) is 21.4 Å². The van der Waals surface area contributed by atoms with Crippen LogP contribution in [0.5, 0.6) is 0 Å². The van der Waals surface area contributed by atoms with Gasteiger partial charge in [-0.15, -0.1) is 0 Å². The molecule has 1 atom stereocenters. The minimum Gasteiger partial charge on any atom is -0.451 e. The van der Waals surface area contributed by atoms with E-state index in [1.807, 2.05) is 18.2 Å². The number of halogens is 1. The average Bonchev–Trinajstić information content (AvgIpc) is 2.98. The van der Waals surface area contributed by atoms with E-state index in [1.165, 1.54) is 0 Å². The number of hydrogen-bond donors (Lipinski definition) is 1. The molecule has 0 spiro atoms. The summed E-state index contributed by atoms with van der Waals surface area (Å²) >= 11 is 5.99. The molecule has 4 nitrogen and oxygen atoms in total. The molecule has 1 aromatic heterocycles. The Morgan fingerprint density at radius 2 is 1.92 bits per heavy atom. The SMILES string of the molecule is CC(C)c1ccc2cc(C(=O)NS(=O)c3ccccc3Cl)oc2c1. The summed E-state index contributed by atoms with van der Waals surface area (Å²) < 4.78 is 20.3. The number of amides is 1. The molecule has 124 valence electrons. The molecule has 0 aliphatic carbocycles. The fourth-order valence-corrected chi connectivity index (χ4v) is 3.48. The molecule has 0 aliphatic heterocycles. The smallest absolute Gasteiger partial charge is 0.298 e. The highest BCUT2D eigenvalue weighted by molar-refractivity contribution is 7.83. The van der Waals surface area contributed by atoms with Gasteiger partial charge >= 0.3 is 0 Å². The van der Waals surface area contributed by atoms with Gasteiger partial charge in [0.25, 0.3) is 5.91 Å². The van der Waals surface area contributed by atoms with Gasteiger partial charge < -0.3 is 4.42 Å². The Morgan fingerprint density at radius 1 is 1.17 bits per heavy atom. The molecular weight excluding hydrogens is 346 g/mol. The lowest BCUT2D eigenvalue weighted by molar-refractivity contribution is 0.0958. The number of carbonyl (C=O) groups is 1. The van der Waals surface area contributed by atoms with E-state index in [4.69, 9.17) is 16.0 Å². The van der Waals surface area contributed by atoms with Crippen LogP contribution in [0, 0.1) is 0 Å². The Bertz CT molecular complexity index is 933. The van der Waals surface area contributed by atoms with E-state index in [1.54, 1.807) is 30.3 Å². The van der Waals surface area contributed by atoms with Crippen LogP contribution in [0.2, 0.25) is 5.02 Å². The van der Waals surface area contributed by atoms with Crippen LogP contribution in [-0.4, -0.2) is 10.1 Å². The van der Waals surface area contributed by atoms with Gasteiger partial charge in [-0.1, -0.05) is 49.7 Å². The summed E-state index contributed by atoms with van der Waals surface area (Å²) in [5.74, 6) is -0.0636. The Balaban J connectivity index is 1.84. The molecule has 2 aromatic carbocycles. The summed E-state index contributed by atoms with van der Waals surface area (Å²) in [6, 6.07) is 14.1. The average molecular weight is 362 g/mol. The Hall–Kier alpha value is -2.11. The van der Waals surface area contributed by atoms with Crippen molar-refractivity contribution in [1.82, 2.24) is 4.72 Å². The molecule has 1 unspecified atom stereocenters. The highest BCUT2D eigenvalue weighted by atomic mass is 35.5. The third kappa shape index (κ3) is 3.37. The molecule has 0 saturated carbocycles. The van der Waals surface area contributed by atoms with Gasteiger partial charge in [0.15, 0.2) is 16.7 Å². The zero-order valence-corrected chi connectivity index (χ0v) is 14.8. The zero-order valence-electron chi connectivity index (χ0n) is 13.2. The molecule has 1 N–H and O–H groups in total. The minimum absolute atomic E-state index is 0.117. The summed E-state index contributed by atoms with van der Waals surface area (Å²) in [6.07, 6.45) is 0. The quantitative estimate of drug-likeness (QED) is 0.735. The third-order valence-electron chi connectivity index (χ3n) is 3.66. The van der Waals surface area contributed by atoms with Crippen LogP contribution in [0.3, 0.4) is 0 Å². The molecule has 1 heterocycles. The maximum absolute atomic E-state index is 12.3. The van der Waals surface area contributed by atoms with Gasteiger partial charge in [0.05, 0.1) is 9.92 Å². The predicted molar refractivity (Wildman–Crippen MR) is 95.6 cm³/mol. The number of nitrogens with one attached hydrogen (secondary N) is 1. The summed E-state index contributed by atoms with van der Waals surface area (Å²) in [6.45, 7) is 4.18. The second kappa shape index (κ2) is 6.79. The molecule has 0 saturated heterocycles. The van der Waals surface area contributed by atoms with Crippen molar-refractivity contribution in [2.24, 2.45) is 0 Å². The van der Waals surface area contributed by atoms with Crippen LogP contribution >= 0.6 is 11.6 Å². The first-order chi connectivity index (χ1) is 11.5. The number of hydrogen-bond acceptors (Lipinski definition) is 3. The lowest BCUT2D eigenvalue weighted by atomic mass is 10.0. The number of rotatable bonds is 4. The van der Waals surface area contributed by atoms with Gasteiger partial charge in [-0.3, -0.25) is 9.52 Å². The maximum Gasteiger partial charge on any atom is 0.298 e. The third-order valence-corrected chi connectivity index (χ3v) is 5.22. The van der Waals surface area contributed by atoms with Crippen molar-refractivity contribution < 1.29 is 13.4 Å². The zero-order chi connectivity index (χ0) is 17.3. The number of carbonyl (C=O) groups excluding carboxylic acids is 1. The molecule has 1 amide bonds. The molecule has 3 rings (SSSR count). The molecule has 24 heavy (non-hydrogen) atoms. The molecular formula is C18H16ClNO3S. The molecule has 0 bridgehead atoms. The van der Waals surface area contributed by atoms with E-state index < -0.39 is 16.9 Å². The van der Waals surface area contributed by atoms with Crippen LogP contribution in [-0.2, 0) is 11.0 Å². The highest BCUT2D eigenvalue weighted by Gasteiger charge is 2.17. The summed E-state index contributed by atoms with van der Waals surface area (Å²) in [4.78, 5) is 12.6. The Morgan fingerprint density at radius 3 is 2.62 bits per heavy atom. The van der Waals surface area contributed by atoms with E-state index in [-0.39, 0.29) is 5.76 Å². The standard InChI is InChI=1S/C18H16ClNO3S/c1-11(2)12-7-8-13-10-16(23-15(13)9-12)18(21)20-24(22)17-6-4-3-5-14(17)19/h3-11H,1-2H3,(H,20,21). The predicted octanol–water partition coefficient (Wildman–Crippen LogP) is 4.66. The largest absolute Gasteiger partial charge is 0.451 e. The van der Waals surface area contributed by atoms with Crippen molar-refractivity contribution in [1.29, 1.82) is 0 Å². The van der Waals surface area contributed by atoms with Crippen LogP contribution in [0.4, 0.5) is 0 Å². The second-order valence-corrected chi connectivity index (χ2v) is 7.28. The van der Waals surface area contributed by atoms with Crippen molar-refractivity contribution in [3.05, 3.63) is 64.9 Å². The second-order valence-electron chi connectivity index (χ2n) is 5.69. The normalized spacial score (nSPS) is 12.5.